The van der Waals surface area contributed by atoms with Gasteiger partial charge in [0.2, 0.25) is 0 Å². The molecule has 0 atom stereocenters. The lowest BCUT2D eigenvalue weighted by Crippen LogP contribution is -1.94. The summed E-state index contributed by atoms with van der Waals surface area (Å²) >= 11 is 0. The molecule has 0 aliphatic heterocycles. The molecule has 0 amide bonds. The molecule has 0 fully saturated rings. The minimum Gasteiger partial charge on any atom is -0.356 e. The highest BCUT2D eigenvalue weighted by Gasteiger charge is 2.00. The predicted octanol–water partition coefficient (Wildman–Crippen LogP) is 8.66. The van der Waals surface area contributed by atoms with Crippen LogP contribution in [0.2, 0.25) is 0 Å². The zero-order chi connectivity index (χ0) is 23.9. The second-order valence-electron chi connectivity index (χ2n) is 7.89. The summed E-state index contributed by atoms with van der Waals surface area (Å²) in [4.78, 5) is 0. The van der Waals surface area contributed by atoms with Crippen molar-refractivity contribution in [3.63, 3.8) is 0 Å². The third-order valence-corrected chi connectivity index (χ3v) is 5.30. The first-order valence-electron chi connectivity index (χ1n) is 11.7. The average Bonchev–Trinajstić information content (AvgIpc) is 2.89. The molecule has 0 saturated carbocycles. The van der Waals surface area contributed by atoms with Crippen molar-refractivity contribution in [3.05, 3.63) is 133 Å². The topological polar surface area (TPSA) is 48.1 Å². The molecule has 4 nitrogen and oxygen atoms in total. The Balaban J connectivity index is 1.15. The van der Waals surface area contributed by atoms with Crippen LogP contribution < -0.4 is 21.3 Å². The van der Waals surface area contributed by atoms with Crippen LogP contribution in [0.1, 0.15) is 1.37 Å². The van der Waals surface area contributed by atoms with Crippen molar-refractivity contribution in [2.24, 2.45) is 0 Å². The zero-order valence-electron chi connectivity index (χ0n) is 19.6. The van der Waals surface area contributed by atoms with Gasteiger partial charge in [0, 0.05) is 45.5 Å². The number of hydrogen-bond acceptors (Lipinski definition) is 4. The lowest BCUT2D eigenvalue weighted by Gasteiger charge is -2.11. The zero-order valence-corrected chi connectivity index (χ0v) is 18.6. The summed E-state index contributed by atoms with van der Waals surface area (Å²) in [5, 5.41) is 13.6. The van der Waals surface area contributed by atoms with E-state index in [9.17, 15) is 0 Å². The summed E-state index contributed by atoms with van der Waals surface area (Å²) in [6, 6.07) is 42.6. The summed E-state index contributed by atoms with van der Waals surface area (Å²) < 4.78 is 7.58. The summed E-state index contributed by atoms with van der Waals surface area (Å²) in [5.41, 5.74) is 8.17. The Morgan fingerprint density at radius 1 is 0.294 bits per heavy atom. The first-order chi connectivity index (χ1) is 17.2. The van der Waals surface area contributed by atoms with Gasteiger partial charge < -0.3 is 21.3 Å². The van der Waals surface area contributed by atoms with E-state index in [2.05, 4.69) is 69.8 Å². The summed E-state index contributed by atoms with van der Waals surface area (Å²) in [6.07, 6.45) is 0. The Morgan fingerprint density at radius 3 is 0.824 bits per heavy atom. The minimum atomic E-state index is 0.505. The van der Waals surface area contributed by atoms with Crippen LogP contribution in [0.25, 0.3) is 0 Å². The molecule has 34 heavy (non-hydrogen) atoms. The third kappa shape index (κ3) is 5.75. The van der Waals surface area contributed by atoms with Crippen LogP contribution in [0.15, 0.2) is 133 Å². The van der Waals surface area contributed by atoms with E-state index in [0.717, 1.165) is 45.5 Å². The fourth-order valence-electron chi connectivity index (χ4n) is 3.57. The van der Waals surface area contributed by atoms with E-state index in [0.29, 0.717) is 6.04 Å². The molecule has 0 unspecified atom stereocenters. The highest BCUT2D eigenvalue weighted by molar-refractivity contribution is 5.69. The molecule has 0 aliphatic carbocycles. The maximum Gasteiger partial charge on any atom is 0.0623 e. The van der Waals surface area contributed by atoms with Crippen LogP contribution in [0.5, 0.6) is 0 Å². The molecule has 4 N–H and O–H groups in total. The summed E-state index contributed by atoms with van der Waals surface area (Å²) in [6.45, 7) is 0. The monoisotopic (exact) mass is 443 g/mol. The second-order valence-corrected chi connectivity index (χ2v) is 7.89. The lowest BCUT2D eigenvalue weighted by atomic mass is 10.2. The Morgan fingerprint density at radius 2 is 0.529 bits per heavy atom. The van der Waals surface area contributed by atoms with E-state index >= 15 is 0 Å². The number of rotatable bonds is 8. The standard InChI is InChI=1S/C30H26N4/c1-3-7-23(8-4-1)31-25-11-15-27(16-12-25)33-29-19-21-30(22-20-29)34-28-17-13-26(14-18-28)32-24-9-5-2-6-10-24/h1-22,31-34H/i1D. The molecule has 5 aromatic carbocycles. The maximum atomic E-state index is 7.58. The average molecular weight is 444 g/mol. The van der Waals surface area contributed by atoms with Crippen molar-refractivity contribution >= 4 is 45.5 Å². The number of para-hydroxylation sites is 2. The van der Waals surface area contributed by atoms with Crippen molar-refractivity contribution in [2.45, 2.75) is 0 Å². The molecular weight excluding hydrogens is 416 g/mol. The van der Waals surface area contributed by atoms with Gasteiger partial charge in [-0.25, -0.2) is 0 Å². The Kier molecular flexibility index (Phi) is 6.03. The van der Waals surface area contributed by atoms with Crippen molar-refractivity contribution in [1.29, 1.82) is 0 Å². The molecule has 0 aliphatic rings. The van der Waals surface area contributed by atoms with Gasteiger partial charge in [-0.3, -0.25) is 0 Å². The van der Waals surface area contributed by atoms with E-state index in [1.807, 2.05) is 66.7 Å². The Bertz CT molecular complexity index is 1350. The molecule has 0 bridgehead atoms. The summed E-state index contributed by atoms with van der Waals surface area (Å²) in [7, 11) is 0. The fraction of sp³-hybridized carbons (Fsp3) is 0. The van der Waals surface area contributed by atoms with Gasteiger partial charge in [0.05, 0.1) is 1.37 Å². The van der Waals surface area contributed by atoms with Crippen LogP contribution in [0, 0.1) is 0 Å². The number of anilines is 8. The highest BCUT2D eigenvalue weighted by Crippen LogP contribution is 2.25. The quantitative estimate of drug-likeness (QED) is 0.194. The summed E-state index contributed by atoms with van der Waals surface area (Å²) in [5.74, 6) is 0. The molecule has 0 heterocycles. The molecule has 0 radical (unpaired) electrons. The molecule has 5 rings (SSSR count). The Hall–Kier alpha value is -4.70. The molecular formula is C30H26N4. The largest absolute Gasteiger partial charge is 0.356 e. The van der Waals surface area contributed by atoms with Gasteiger partial charge in [-0.05, 0) is 97.1 Å². The Labute approximate surface area is 201 Å². The van der Waals surface area contributed by atoms with Gasteiger partial charge in [0.25, 0.3) is 0 Å². The number of hydrogen-bond donors (Lipinski definition) is 4. The smallest absolute Gasteiger partial charge is 0.0623 e. The van der Waals surface area contributed by atoms with Crippen molar-refractivity contribution in [2.75, 3.05) is 21.3 Å². The van der Waals surface area contributed by atoms with Crippen molar-refractivity contribution in [3.8, 4) is 0 Å². The van der Waals surface area contributed by atoms with E-state index in [-0.39, 0.29) is 0 Å². The molecule has 166 valence electrons. The predicted molar refractivity (Wildman–Crippen MR) is 145 cm³/mol. The van der Waals surface area contributed by atoms with E-state index in [1.165, 1.54) is 0 Å². The van der Waals surface area contributed by atoms with Crippen LogP contribution in [-0.4, -0.2) is 0 Å². The fourth-order valence-corrected chi connectivity index (χ4v) is 3.57. The molecule has 4 heteroatoms. The molecule has 5 aromatic rings. The van der Waals surface area contributed by atoms with E-state index in [4.69, 9.17) is 1.37 Å². The SMILES string of the molecule is [2H]c1ccc(Nc2ccc(Nc3ccc(Nc4ccc(Nc5ccccc5)cc4)cc3)cc2)cc1. The van der Waals surface area contributed by atoms with Crippen LogP contribution in [-0.2, 0) is 0 Å². The normalized spacial score (nSPS) is 10.8. The van der Waals surface area contributed by atoms with E-state index < -0.39 is 0 Å². The number of nitrogens with one attached hydrogen (secondary N) is 4. The van der Waals surface area contributed by atoms with E-state index in [1.54, 1.807) is 12.1 Å². The van der Waals surface area contributed by atoms with Gasteiger partial charge in [0.1, 0.15) is 0 Å². The van der Waals surface area contributed by atoms with Crippen LogP contribution in [0.3, 0.4) is 0 Å². The number of benzene rings is 5. The first kappa shape index (κ1) is 19.9. The van der Waals surface area contributed by atoms with Gasteiger partial charge in [-0.1, -0.05) is 36.4 Å². The molecule has 0 saturated heterocycles. The second kappa shape index (κ2) is 10.3. The third-order valence-electron chi connectivity index (χ3n) is 5.30. The molecule has 0 aromatic heterocycles. The van der Waals surface area contributed by atoms with Gasteiger partial charge >= 0.3 is 0 Å². The van der Waals surface area contributed by atoms with Gasteiger partial charge in [-0.2, -0.15) is 0 Å². The molecule has 0 spiro atoms. The van der Waals surface area contributed by atoms with Crippen molar-refractivity contribution in [1.82, 2.24) is 0 Å². The minimum absolute atomic E-state index is 0.505. The van der Waals surface area contributed by atoms with Gasteiger partial charge in [-0.15, -0.1) is 0 Å². The first-order valence-corrected chi connectivity index (χ1v) is 11.2. The maximum absolute atomic E-state index is 7.58. The van der Waals surface area contributed by atoms with Gasteiger partial charge in [0.15, 0.2) is 0 Å². The van der Waals surface area contributed by atoms with Crippen LogP contribution in [0.4, 0.5) is 45.5 Å². The lowest BCUT2D eigenvalue weighted by molar-refractivity contribution is 1.50. The van der Waals surface area contributed by atoms with Crippen molar-refractivity contribution < 1.29 is 1.37 Å². The highest BCUT2D eigenvalue weighted by atomic mass is 14.9. The van der Waals surface area contributed by atoms with Crippen LogP contribution >= 0.6 is 0 Å².